The minimum Gasteiger partial charge on any atom is -0.334 e. The van der Waals surface area contributed by atoms with E-state index in [1.807, 2.05) is 6.92 Å². The zero-order chi connectivity index (χ0) is 11.5. The molecule has 0 saturated carbocycles. The first kappa shape index (κ1) is 10.8. The molecule has 1 unspecified atom stereocenters. The van der Waals surface area contributed by atoms with Gasteiger partial charge in [0.2, 0.25) is 0 Å². The Balaban J connectivity index is 2.28. The van der Waals surface area contributed by atoms with E-state index in [-0.39, 0.29) is 17.7 Å². The molecule has 0 amide bonds. The molecular formula is C11H12FN3O. The van der Waals surface area contributed by atoms with Crippen LogP contribution in [-0.2, 0) is 6.42 Å². The van der Waals surface area contributed by atoms with Gasteiger partial charge in [-0.1, -0.05) is 17.3 Å². The van der Waals surface area contributed by atoms with Crippen LogP contribution in [0.3, 0.4) is 0 Å². The number of nitrogens with two attached hydrogens (primary N) is 1. The fourth-order valence-electron chi connectivity index (χ4n) is 1.37. The Kier molecular flexibility index (Phi) is 2.96. The summed E-state index contributed by atoms with van der Waals surface area (Å²) in [6, 6.07) is 6.22. The second-order valence-corrected chi connectivity index (χ2v) is 3.68. The van der Waals surface area contributed by atoms with E-state index < -0.39 is 0 Å². The zero-order valence-electron chi connectivity index (χ0n) is 8.85. The van der Waals surface area contributed by atoms with Gasteiger partial charge in [0.25, 0.3) is 5.89 Å². The topological polar surface area (TPSA) is 64.9 Å². The Morgan fingerprint density at radius 1 is 1.44 bits per heavy atom. The Bertz CT molecular complexity index is 482. The smallest absolute Gasteiger partial charge is 0.260 e. The SMILES string of the molecule is CC(N)Cc1noc(-c2ccccc2F)n1. The number of hydrogen-bond donors (Lipinski definition) is 1. The first-order chi connectivity index (χ1) is 7.66. The summed E-state index contributed by atoms with van der Waals surface area (Å²) in [4.78, 5) is 4.08. The largest absolute Gasteiger partial charge is 0.334 e. The first-order valence-corrected chi connectivity index (χ1v) is 5.00. The molecule has 0 saturated heterocycles. The van der Waals surface area contributed by atoms with Gasteiger partial charge in [-0.05, 0) is 19.1 Å². The molecule has 1 aromatic carbocycles. The van der Waals surface area contributed by atoms with Crippen LogP contribution < -0.4 is 5.73 Å². The van der Waals surface area contributed by atoms with Crippen molar-refractivity contribution in [2.24, 2.45) is 5.73 Å². The molecule has 5 heteroatoms. The summed E-state index contributed by atoms with van der Waals surface area (Å²) in [5.74, 6) is 0.306. The Labute approximate surface area is 92.3 Å². The summed E-state index contributed by atoms with van der Waals surface area (Å²) in [7, 11) is 0. The third-order valence-electron chi connectivity index (χ3n) is 2.08. The maximum absolute atomic E-state index is 13.4. The maximum Gasteiger partial charge on any atom is 0.260 e. The Morgan fingerprint density at radius 3 is 2.88 bits per heavy atom. The van der Waals surface area contributed by atoms with Crippen LogP contribution >= 0.6 is 0 Å². The predicted molar refractivity (Wildman–Crippen MR) is 57.0 cm³/mol. The normalized spacial score (nSPS) is 12.7. The molecule has 1 aromatic heterocycles. The standard InChI is InChI=1S/C11H12FN3O/c1-7(13)6-10-14-11(16-15-10)8-4-2-3-5-9(8)12/h2-5,7H,6,13H2,1H3. The van der Waals surface area contributed by atoms with Gasteiger partial charge in [0, 0.05) is 12.5 Å². The molecule has 2 rings (SSSR count). The van der Waals surface area contributed by atoms with Gasteiger partial charge < -0.3 is 10.3 Å². The van der Waals surface area contributed by atoms with E-state index in [1.54, 1.807) is 18.2 Å². The predicted octanol–water partition coefficient (Wildman–Crippen LogP) is 1.77. The molecular weight excluding hydrogens is 209 g/mol. The van der Waals surface area contributed by atoms with Crippen molar-refractivity contribution in [2.45, 2.75) is 19.4 Å². The van der Waals surface area contributed by atoms with E-state index in [2.05, 4.69) is 10.1 Å². The number of hydrogen-bond acceptors (Lipinski definition) is 4. The number of halogens is 1. The van der Waals surface area contributed by atoms with Gasteiger partial charge in [-0.15, -0.1) is 0 Å². The molecule has 0 aliphatic rings. The van der Waals surface area contributed by atoms with Crippen molar-refractivity contribution in [3.8, 4) is 11.5 Å². The second-order valence-electron chi connectivity index (χ2n) is 3.68. The molecule has 84 valence electrons. The van der Waals surface area contributed by atoms with Gasteiger partial charge >= 0.3 is 0 Å². The van der Waals surface area contributed by atoms with Crippen molar-refractivity contribution in [2.75, 3.05) is 0 Å². The van der Waals surface area contributed by atoms with E-state index in [0.29, 0.717) is 17.8 Å². The Hall–Kier alpha value is -1.75. The van der Waals surface area contributed by atoms with Crippen LogP contribution in [0.1, 0.15) is 12.7 Å². The molecule has 0 spiro atoms. The van der Waals surface area contributed by atoms with Gasteiger partial charge in [-0.3, -0.25) is 0 Å². The van der Waals surface area contributed by atoms with Gasteiger partial charge in [0.15, 0.2) is 5.82 Å². The van der Waals surface area contributed by atoms with Crippen LogP contribution in [0.15, 0.2) is 28.8 Å². The Morgan fingerprint density at radius 2 is 2.19 bits per heavy atom. The lowest BCUT2D eigenvalue weighted by molar-refractivity contribution is 0.418. The lowest BCUT2D eigenvalue weighted by Gasteiger charge is -1.97. The van der Waals surface area contributed by atoms with Gasteiger partial charge in [-0.25, -0.2) is 4.39 Å². The summed E-state index contributed by atoms with van der Waals surface area (Å²) in [6.45, 7) is 1.85. The van der Waals surface area contributed by atoms with E-state index in [9.17, 15) is 4.39 Å². The van der Waals surface area contributed by atoms with Crippen LogP contribution in [0, 0.1) is 5.82 Å². The van der Waals surface area contributed by atoms with Crippen molar-refractivity contribution in [3.63, 3.8) is 0 Å². The summed E-state index contributed by atoms with van der Waals surface area (Å²) in [6.07, 6.45) is 0.512. The minimum absolute atomic E-state index is 0.0499. The number of benzene rings is 1. The van der Waals surface area contributed by atoms with Gasteiger partial charge in [0.05, 0.1) is 5.56 Å². The summed E-state index contributed by atoms with van der Waals surface area (Å²) >= 11 is 0. The third-order valence-corrected chi connectivity index (χ3v) is 2.08. The molecule has 2 N–H and O–H groups in total. The number of aromatic nitrogens is 2. The average molecular weight is 221 g/mol. The lowest BCUT2D eigenvalue weighted by atomic mass is 10.2. The van der Waals surface area contributed by atoms with Crippen molar-refractivity contribution in [3.05, 3.63) is 35.9 Å². The van der Waals surface area contributed by atoms with Crippen molar-refractivity contribution in [1.29, 1.82) is 0 Å². The van der Waals surface area contributed by atoms with E-state index in [4.69, 9.17) is 10.3 Å². The number of rotatable bonds is 3. The highest BCUT2D eigenvalue weighted by Gasteiger charge is 2.13. The van der Waals surface area contributed by atoms with Crippen molar-refractivity contribution in [1.82, 2.24) is 10.1 Å². The van der Waals surface area contributed by atoms with E-state index >= 15 is 0 Å². The van der Waals surface area contributed by atoms with Crippen LogP contribution in [0.5, 0.6) is 0 Å². The highest BCUT2D eigenvalue weighted by molar-refractivity contribution is 5.53. The average Bonchev–Trinajstić information content (AvgIpc) is 2.66. The highest BCUT2D eigenvalue weighted by Crippen LogP contribution is 2.20. The second kappa shape index (κ2) is 4.40. The van der Waals surface area contributed by atoms with Crippen LogP contribution in [0.4, 0.5) is 4.39 Å². The fourth-order valence-corrected chi connectivity index (χ4v) is 1.37. The first-order valence-electron chi connectivity index (χ1n) is 5.00. The van der Waals surface area contributed by atoms with Crippen LogP contribution in [0.25, 0.3) is 11.5 Å². The number of nitrogens with zero attached hydrogens (tertiary/aromatic N) is 2. The molecule has 2 aromatic rings. The molecule has 0 bridgehead atoms. The highest BCUT2D eigenvalue weighted by atomic mass is 19.1. The van der Waals surface area contributed by atoms with Crippen LogP contribution in [-0.4, -0.2) is 16.2 Å². The van der Waals surface area contributed by atoms with Gasteiger partial charge in [0.1, 0.15) is 5.82 Å². The molecule has 4 nitrogen and oxygen atoms in total. The van der Waals surface area contributed by atoms with Crippen molar-refractivity contribution < 1.29 is 8.91 Å². The van der Waals surface area contributed by atoms with Crippen molar-refractivity contribution >= 4 is 0 Å². The van der Waals surface area contributed by atoms with Gasteiger partial charge in [-0.2, -0.15) is 4.98 Å². The van der Waals surface area contributed by atoms with Crippen LogP contribution in [0.2, 0.25) is 0 Å². The van der Waals surface area contributed by atoms with E-state index in [1.165, 1.54) is 6.07 Å². The molecule has 1 heterocycles. The molecule has 1 atom stereocenters. The quantitative estimate of drug-likeness (QED) is 0.857. The molecule has 0 aliphatic heterocycles. The summed E-state index contributed by atoms with van der Waals surface area (Å²) < 4.78 is 18.4. The molecule has 16 heavy (non-hydrogen) atoms. The zero-order valence-corrected chi connectivity index (χ0v) is 8.85. The summed E-state index contributed by atoms with van der Waals surface area (Å²) in [5.41, 5.74) is 5.92. The van der Waals surface area contributed by atoms with E-state index in [0.717, 1.165) is 0 Å². The fraction of sp³-hybridized carbons (Fsp3) is 0.273. The minimum atomic E-state index is -0.376. The monoisotopic (exact) mass is 221 g/mol. The molecule has 0 radical (unpaired) electrons. The third kappa shape index (κ3) is 2.25. The summed E-state index contributed by atoms with van der Waals surface area (Å²) in [5, 5.41) is 3.74. The maximum atomic E-state index is 13.4. The lowest BCUT2D eigenvalue weighted by Crippen LogP contribution is -2.18. The molecule has 0 aliphatic carbocycles. The molecule has 0 fully saturated rings.